The lowest BCUT2D eigenvalue weighted by Gasteiger charge is -2.15. The van der Waals surface area contributed by atoms with E-state index >= 15 is 0 Å². The lowest BCUT2D eigenvalue weighted by molar-refractivity contribution is 0.156. The molecule has 0 spiro atoms. The molecule has 1 aliphatic rings. The average molecular weight is 261 g/mol. The van der Waals surface area contributed by atoms with Crippen LogP contribution in [0.2, 0.25) is 5.02 Å². The first kappa shape index (κ1) is 12.3. The Morgan fingerprint density at radius 2 is 2.24 bits per heavy atom. The number of rotatable bonds is 4. The number of hydrogen-bond acceptors (Lipinski definition) is 4. The molecule has 1 aromatic heterocycles. The monoisotopic (exact) mass is 260 g/mol. The molecule has 2 atom stereocenters. The summed E-state index contributed by atoms with van der Waals surface area (Å²) in [5.41, 5.74) is -1.66. The SMILES string of the molecule is O=c1[nH]c(=O)n(C[C@]2(CO)C[C@H]2CO)cc1Cl. The number of nitrogens with zero attached hydrogens (tertiary/aromatic N) is 1. The molecule has 1 fully saturated rings. The third kappa shape index (κ3) is 2.15. The van der Waals surface area contributed by atoms with Crippen LogP contribution in [0, 0.1) is 11.3 Å². The molecular weight excluding hydrogens is 248 g/mol. The predicted octanol–water partition coefficient (Wildman–Crippen LogP) is -0.819. The number of aliphatic hydroxyl groups excluding tert-OH is 2. The Balaban J connectivity index is 2.28. The molecule has 1 heterocycles. The van der Waals surface area contributed by atoms with Crippen LogP contribution in [0.4, 0.5) is 0 Å². The maximum absolute atomic E-state index is 11.5. The number of aromatic nitrogens is 2. The Kier molecular flexibility index (Phi) is 3.11. The Morgan fingerprint density at radius 1 is 1.53 bits per heavy atom. The second-order valence-corrected chi connectivity index (χ2v) is 4.88. The van der Waals surface area contributed by atoms with Gasteiger partial charge in [0.05, 0.1) is 6.61 Å². The first-order chi connectivity index (χ1) is 8.02. The van der Waals surface area contributed by atoms with Gasteiger partial charge in [0.15, 0.2) is 0 Å². The smallest absolute Gasteiger partial charge is 0.328 e. The van der Waals surface area contributed by atoms with Crippen LogP contribution in [0.3, 0.4) is 0 Å². The van der Waals surface area contributed by atoms with Gasteiger partial charge in [-0.05, 0) is 12.3 Å². The van der Waals surface area contributed by atoms with Crippen LogP contribution in [0.5, 0.6) is 0 Å². The maximum atomic E-state index is 11.5. The largest absolute Gasteiger partial charge is 0.396 e. The van der Waals surface area contributed by atoms with Gasteiger partial charge in [0.25, 0.3) is 5.56 Å². The summed E-state index contributed by atoms with van der Waals surface area (Å²) in [5.74, 6) is -0.00916. The second kappa shape index (κ2) is 4.29. The summed E-state index contributed by atoms with van der Waals surface area (Å²) in [5, 5.41) is 18.3. The van der Waals surface area contributed by atoms with E-state index in [0.29, 0.717) is 6.42 Å². The molecule has 94 valence electrons. The average Bonchev–Trinajstić information content (AvgIpc) is 3.00. The molecule has 0 aliphatic heterocycles. The van der Waals surface area contributed by atoms with Gasteiger partial charge in [0, 0.05) is 24.8 Å². The standard InChI is InChI=1S/C10H13ClN2O4/c11-7-2-13(9(17)12-8(7)16)4-10(5-15)1-6(10)3-14/h2,6,14-15H,1,3-5H2,(H,12,16,17)/t6-,10-/m0/s1. The number of aromatic amines is 1. The van der Waals surface area contributed by atoms with Crippen LogP contribution in [-0.2, 0) is 6.54 Å². The molecule has 0 amide bonds. The van der Waals surface area contributed by atoms with Gasteiger partial charge in [-0.1, -0.05) is 11.6 Å². The van der Waals surface area contributed by atoms with Gasteiger partial charge < -0.3 is 10.2 Å². The summed E-state index contributed by atoms with van der Waals surface area (Å²) in [6.45, 7) is 0.109. The van der Waals surface area contributed by atoms with Gasteiger partial charge in [-0.15, -0.1) is 0 Å². The first-order valence-electron chi connectivity index (χ1n) is 5.23. The molecule has 1 saturated carbocycles. The highest BCUT2D eigenvalue weighted by atomic mass is 35.5. The first-order valence-corrected chi connectivity index (χ1v) is 5.61. The third-order valence-corrected chi connectivity index (χ3v) is 3.62. The van der Waals surface area contributed by atoms with Gasteiger partial charge in [-0.3, -0.25) is 14.3 Å². The molecule has 0 unspecified atom stereocenters. The van der Waals surface area contributed by atoms with Crippen LogP contribution < -0.4 is 11.2 Å². The van der Waals surface area contributed by atoms with Crippen molar-refractivity contribution in [2.75, 3.05) is 13.2 Å². The Labute approximate surface area is 101 Å². The van der Waals surface area contributed by atoms with Crippen molar-refractivity contribution < 1.29 is 10.2 Å². The number of nitrogens with one attached hydrogen (secondary N) is 1. The normalized spacial score (nSPS) is 27.1. The lowest BCUT2D eigenvalue weighted by Crippen LogP contribution is -2.33. The van der Waals surface area contributed by atoms with Crippen LogP contribution in [0.25, 0.3) is 0 Å². The van der Waals surface area contributed by atoms with Crippen LogP contribution in [-0.4, -0.2) is 33.0 Å². The fourth-order valence-electron chi connectivity index (χ4n) is 2.07. The molecule has 7 heteroatoms. The van der Waals surface area contributed by atoms with Gasteiger partial charge in [0.2, 0.25) is 0 Å². The van der Waals surface area contributed by atoms with Gasteiger partial charge in [0.1, 0.15) is 5.02 Å². The molecule has 0 radical (unpaired) electrons. The fourth-order valence-corrected chi connectivity index (χ4v) is 2.23. The van der Waals surface area contributed by atoms with Crippen LogP contribution in [0.1, 0.15) is 6.42 Å². The van der Waals surface area contributed by atoms with Crippen molar-refractivity contribution in [3.63, 3.8) is 0 Å². The minimum atomic E-state index is -0.625. The summed E-state index contributed by atoms with van der Waals surface area (Å²) in [6.07, 6.45) is 1.91. The van der Waals surface area contributed by atoms with E-state index in [1.807, 2.05) is 0 Å². The van der Waals surface area contributed by atoms with E-state index in [-0.39, 0.29) is 30.7 Å². The van der Waals surface area contributed by atoms with Crippen molar-refractivity contribution >= 4 is 11.6 Å². The lowest BCUT2D eigenvalue weighted by atomic mass is 10.1. The van der Waals surface area contributed by atoms with Crippen molar-refractivity contribution in [2.45, 2.75) is 13.0 Å². The van der Waals surface area contributed by atoms with Gasteiger partial charge in [-0.25, -0.2) is 4.79 Å². The number of H-pyrrole nitrogens is 1. The van der Waals surface area contributed by atoms with Gasteiger partial charge >= 0.3 is 5.69 Å². The fraction of sp³-hybridized carbons (Fsp3) is 0.600. The maximum Gasteiger partial charge on any atom is 0.328 e. The Morgan fingerprint density at radius 3 is 2.76 bits per heavy atom. The van der Waals surface area contributed by atoms with E-state index in [0.717, 1.165) is 0 Å². The van der Waals surface area contributed by atoms with E-state index in [1.165, 1.54) is 10.8 Å². The molecule has 2 rings (SSSR count). The Bertz CT molecular complexity index is 538. The molecule has 3 N–H and O–H groups in total. The zero-order valence-corrected chi connectivity index (χ0v) is 9.78. The number of aliphatic hydroxyl groups is 2. The predicted molar refractivity (Wildman–Crippen MR) is 61.0 cm³/mol. The minimum Gasteiger partial charge on any atom is -0.396 e. The summed E-state index contributed by atoms with van der Waals surface area (Å²) >= 11 is 5.63. The minimum absolute atomic E-state index is 0.00916. The van der Waals surface area contributed by atoms with Crippen molar-refractivity contribution in [2.24, 2.45) is 11.3 Å². The molecule has 1 aromatic rings. The second-order valence-electron chi connectivity index (χ2n) is 4.47. The quantitative estimate of drug-likeness (QED) is 0.659. The molecule has 0 saturated heterocycles. The number of halogens is 1. The van der Waals surface area contributed by atoms with Crippen molar-refractivity contribution in [1.29, 1.82) is 0 Å². The molecule has 0 bridgehead atoms. The van der Waals surface area contributed by atoms with Crippen LogP contribution >= 0.6 is 11.6 Å². The highest BCUT2D eigenvalue weighted by Crippen LogP contribution is 2.52. The van der Waals surface area contributed by atoms with E-state index in [9.17, 15) is 14.7 Å². The molecular formula is C10H13ClN2O4. The molecule has 1 aliphatic carbocycles. The van der Waals surface area contributed by atoms with Crippen molar-refractivity contribution in [3.8, 4) is 0 Å². The zero-order chi connectivity index (χ0) is 12.6. The van der Waals surface area contributed by atoms with E-state index in [4.69, 9.17) is 16.7 Å². The number of hydrogen-bond donors (Lipinski definition) is 3. The summed E-state index contributed by atoms with van der Waals surface area (Å²) < 4.78 is 1.26. The summed E-state index contributed by atoms with van der Waals surface area (Å²) in [4.78, 5) is 24.7. The Hall–Kier alpha value is -1.11. The van der Waals surface area contributed by atoms with Crippen molar-refractivity contribution in [1.82, 2.24) is 9.55 Å². The van der Waals surface area contributed by atoms with E-state index < -0.39 is 16.7 Å². The summed E-state index contributed by atoms with van der Waals surface area (Å²) in [7, 11) is 0. The van der Waals surface area contributed by atoms with Crippen LogP contribution in [0.15, 0.2) is 15.8 Å². The summed E-state index contributed by atoms with van der Waals surface area (Å²) in [6, 6.07) is 0. The molecule has 6 nitrogen and oxygen atoms in total. The zero-order valence-electron chi connectivity index (χ0n) is 9.02. The highest BCUT2D eigenvalue weighted by molar-refractivity contribution is 6.30. The van der Waals surface area contributed by atoms with Gasteiger partial charge in [-0.2, -0.15) is 0 Å². The third-order valence-electron chi connectivity index (χ3n) is 3.35. The topological polar surface area (TPSA) is 95.3 Å². The molecule has 17 heavy (non-hydrogen) atoms. The van der Waals surface area contributed by atoms with E-state index in [1.54, 1.807) is 0 Å². The molecule has 0 aromatic carbocycles. The highest BCUT2D eigenvalue weighted by Gasteiger charge is 2.53. The van der Waals surface area contributed by atoms with Crippen molar-refractivity contribution in [3.05, 3.63) is 32.1 Å². The van der Waals surface area contributed by atoms with E-state index in [2.05, 4.69) is 4.98 Å².